The highest BCUT2D eigenvalue weighted by atomic mass is 16.2. The number of hydrogen-bond acceptors (Lipinski definition) is 2. The van der Waals surface area contributed by atoms with Gasteiger partial charge in [0, 0.05) is 13.1 Å². The van der Waals surface area contributed by atoms with Crippen molar-refractivity contribution in [2.45, 2.75) is 40.0 Å². The zero-order valence-corrected chi connectivity index (χ0v) is 9.92. The van der Waals surface area contributed by atoms with Crippen molar-refractivity contribution >= 4 is 5.91 Å². The van der Waals surface area contributed by atoms with Crippen molar-refractivity contribution in [3.8, 4) is 6.07 Å². The first-order valence-electron chi connectivity index (χ1n) is 5.74. The molecule has 1 unspecified atom stereocenters. The normalized spacial score (nSPS) is 21.9. The number of hydrogen-bond donors (Lipinski definition) is 0. The maximum Gasteiger partial charge on any atom is 0.242 e. The van der Waals surface area contributed by atoms with Crippen LogP contribution in [0.25, 0.3) is 0 Å². The number of carbonyl (C=O) groups excluding carboxylic acids is 1. The fourth-order valence-electron chi connectivity index (χ4n) is 1.84. The monoisotopic (exact) mass is 208 g/mol. The molecule has 0 bridgehead atoms. The lowest BCUT2D eigenvalue weighted by molar-refractivity contribution is -0.139. The van der Waals surface area contributed by atoms with Crippen molar-refractivity contribution in [2.24, 2.45) is 11.3 Å². The van der Waals surface area contributed by atoms with E-state index in [1.165, 1.54) is 0 Å². The highest BCUT2D eigenvalue weighted by Gasteiger charge is 2.36. The van der Waals surface area contributed by atoms with Gasteiger partial charge in [0.1, 0.15) is 5.41 Å². The number of likely N-dealkylation sites (tertiary alicyclic amines) is 1. The van der Waals surface area contributed by atoms with Gasteiger partial charge in [-0.05, 0) is 32.1 Å². The predicted molar refractivity (Wildman–Crippen MR) is 59.0 cm³/mol. The molecule has 3 heteroatoms. The van der Waals surface area contributed by atoms with E-state index in [-0.39, 0.29) is 5.91 Å². The van der Waals surface area contributed by atoms with E-state index in [9.17, 15) is 4.79 Å². The minimum atomic E-state index is -0.819. The standard InChI is InChI=1S/C12H20N2O/c1-4-12(3,9-13)11(15)14-7-5-10(2)6-8-14/h10H,4-8H2,1-3H3. The highest BCUT2D eigenvalue weighted by Crippen LogP contribution is 2.26. The zero-order valence-electron chi connectivity index (χ0n) is 9.92. The molecule has 15 heavy (non-hydrogen) atoms. The summed E-state index contributed by atoms with van der Waals surface area (Å²) in [6.07, 6.45) is 2.72. The first-order chi connectivity index (χ1) is 7.03. The Morgan fingerprint density at radius 2 is 2.07 bits per heavy atom. The summed E-state index contributed by atoms with van der Waals surface area (Å²) < 4.78 is 0. The first kappa shape index (κ1) is 12.0. The molecule has 0 radical (unpaired) electrons. The summed E-state index contributed by atoms with van der Waals surface area (Å²) >= 11 is 0. The quantitative estimate of drug-likeness (QED) is 0.698. The molecule has 1 heterocycles. The van der Waals surface area contributed by atoms with Crippen LogP contribution in [0.4, 0.5) is 0 Å². The number of nitrogens with zero attached hydrogens (tertiary/aromatic N) is 2. The average molecular weight is 208 g/mol. The molecule has 1 saturated heterocycles. The fourth-order valence-corrected chi connectivity index (χ4v) is 1.84. The Balaban J connectivity index is 2.65. The molecule has 0 N–H and O–H groups in total. The topological polar surface area (TPSA) is 44.1 Å². The van der Waals surface area contributed by atoms with Crippen LogP contribution < -0.4 is 0 Å². The molecule has 0 aromatic heterocycles. The van der Waals surface area contributed by atoms with Gasteiger partial charge in [0.25, 0.3) is 0 Å². The summed E-state index contributed by atoms with van der Waals surface area (Å²) in [7, 11) is 0. The Morgan fingerprint density at radius 1 is 1.53 bits per heavy atom. The maximum absolute atomic E-state index is 12.1. The van der Waals surface area contributed by atoms with Crippen LogP contribution in [0.3, 0.4) is 0 Å². The molecule has 1 rings (SSSR count). The minimum absolute atomic E-state index is 0.0133. The largest absolute Gasteiger partial charge is 0.341 e. The number of nitriles is 1. The van der Waals surface area contributed by atoms with Crippen LogP contribution in [0, 0.1) is 22.7 Å². The summed E-state index contributed by atoms with van der Waals surface area (Å²) in [5.41, 5.74) is -0.819. The van der Waals surface area contributed by atoms with Gasteiger partial charge in [-0.3, -0.25) is 4.79 Å². The van der Waals surface area contributed by atoms with E-state index >= 15 is 0 Å². The fraction of sp³-hybridized carbons (Fsp3) is 0.833. The minimum Gasteiger partial charge on any atom is -0.341 e. The third kappa shape index (κ3) is 2.50. The van der Waals surface area contributed by atoms with E-state index in [2.05, 4.69) is 13.0 Å². The van der Waals surface area contributed by atoms with E-state index in [1.807, 2.05) is 11.8 Å². The van der Waals surface area contributed by atoms with Crippen LogP contribution in [-0.2, 0) is 4.79 Å². The van der Waals surface area contributed by atoms with Crippen molar-refractivity contribution in [1.82, 2.24) is 4.90 Å². The number of carbonyl (C=O) groups is 1. The molecular weight excluding hydrogens is 188 g/mol. The highest BCUT2D eigenvalue weighted by molar-refractivity contribution is 5.85. The summed E-state index contributed by atoms with van der Waals surface area (Å²) in [6.45, 7) is 7.49. The second kappa shape index (κ2) is 4.65. The molecule has 1 aliphatic rings. The van der Waals surface area contributed by atoms with E-state index in [4.69, 9.17) is 5.26 Å². The van der Waals surface area contributed by atoms with Gasteiger partial charge in [0.15, 0.2) is 0 Å². The van der Waals surface area contributed by atoms with Crippen molar-refractivity contribution in [2.75, 3.05) is 13.1 Å². The van der Waals surface area contributed by atoms with Gasteiger partial charge in [-0.15, -0.1) is 0 Å². The molecule has 1 amide bonds. The molecule has 0 aromatic carbocycles. The van der Waals surface area contributed by atoms with Crippen LogP contribution >= 0.6 is 0 Å². The summed E-state index contributed by atoms with van der Waals surface area (Å²) in [4.78, 5) is 13.9. The molecule has 84 valence electrons. The SMILES string of the molecule is CCC(C)(C#N)C(=O)N1CCC(C)CC1. The Kier molecular flexibility index (Phi) is 3.73. The summed E-state index contributed by atoms with van der Waals surface area (Å²) in [6, 6.07) is 2.15. The van der Waals surface area contributed by atoms with Crippen molar-refractivity contribution < 1.29 is 4.79 Å². The predicted octanol–water partition coefficient (Wildman–Crippen LogP) is 2.18. The van der Waals surface area contributed by atoms with E-state index < -0.39 is 5.41 Å². The molecule has 1 atom stereocenters. The van der Waals surface area contributed by atoms with Gasteiger partial charge in [0.05, 0.1) is 6.07 Å². The molecule has 3 nitrogen and oxygen atoms in total. The van der Waals surface area contributed by atoms with E-state index in [0.29, 0.717) is 12.3 Å². The van der Waals surface area contributed by atoms with Gasteiger partial charge < -0.3 is 4.90 Å². The maximum atomic E-state index is 12.1. The van der Waals surface area contributed by atoms with Gasteiger partial charge in [-0.25, -0.2) is 0 Å². The third-order valence-electron chi connectivity index (χ3n) is 3.50. The van der Waals surface area contributed by atoms with Crippen LogP contribution in [-0.4, -0.2) is 23.9 Å². The summed E-state index contributed by atoms with van der Waals surface area (Å²) in [5, 5.41) is 9.04. The Morgan fingerprint density at radius 3 is 2.47 bits per heavy atom. The Hall–Kier alpha value is -1.04. The third-order valence-corrected chi connectivity index (χ3v) is 3.50. The zero-order chi connectivity index (χ0) is 11.5. The summed E-state index contributed by atoms with van der Waals surface area (Å²) in [5.74, 6) is 0.725. The van der Waals surface area contributed by atoms with Gasteiger partial charge >= 0.3 is 0 Å². The van der Waals surface area contributed by atoms with Crippen molar-refractivity contribution in [1.29, 1.82) is 5.26 Å². The molecule has 0 aromatic rings. The molecule has 0 spiro atoms. The number of rotatable bonds is 2. The lowest BCUT2D eigenvalue weighted by Crippen LogP contribution is -2.45. The van der Waals surface area contributed by atoms with E-state index in [1.54, 1.807) is 6.92 Å². The Labute approximate surface area is 92.1 Å². The lowest BCUT2D eigenvalue weighted by atomic mass is 9.86. The van der Waals surface area contributed by atoms with Crippen LogP contribution in [0.15, 0.2) is 0 Å². The lowest BCUT2D eigenvalue weighted by Gasteiger charge is -2.34. The average Bonchev–Trinajstić information content (AvgIpc) is 2.28. The second-order valence-corrected chi connectivity index (χ2v) is 4.77. The van der Waals surface area contributed by atoms with E-state index in [0.717, 1.165) is 25.9 Å². The Bertz CT molecular complexity index is 274. The molecule has 1 fully saturated rings. The molecule has 1 aliphatic heterocycles. The van der Waals surface area contributed by atoms with Crippen LogP contribution in [0.1, 0.15) is 40.0 Å². The first-order valence-corrected chi connectivity index (χ1v) is 5.74. The molecule has 0 saturated carbocycles. The number of amides is 1. The molecule has 0 aliphatic carbocycles. The second-order valence-electron chi connectivity index (χ2n) is 4.77. The van der Waals surface area contributed by atoms with Gasteiger partial charge in [0.2, 0.25) is 5.91 Å². The van der Waals surface area contributed by atoms with Crippen molar-refractivity contribution in [3.63, 3.8) is 0 Å². The number of piperidine rings is 1. The van der Waals surface area contributed by atoms with Gasteiger partial charge in [-0.1, -0.05) is 13.8 Å². The van der Waals surface area contributed by atoms with Crippen LogP contribution in [0.2, 0.25) is 0 Å². The van der Waals surface area contributed by atoms with Crippen molar-refractivity contribution in [3.05, 3.63) is 0 Å². The molecular formula is C12H20N2O. The smallest absolute Gasteiger partial charge is 0.242 e. The van der Waals surface area contributed by atoms with Crippen LogP contribution in [0.5, 0.6) is 0 Å². The van der Waals surface area contributed by atoms with Gasteiger partial charge in [-0.2, -0.15) is 5.26 Å².